The number of aliphatic carboxylic acids is 1. The van der Waals surface area contributed by atoms with Gasteiger partial charge in [-0.15, -0.1) is 0 Å². The molecule has 1 fully saturated rings. The fourth-order valence-electron chi connectivity index (χ4n) is 3.01. The van der Waals surface area contributed by atoms with Crippen LogP contribution in [0.15, 0.2) is 53.7 Å². The Morgan fingerprint density at radius 2 is 1.89 bits per heavy atom. The average Bonchev–Trinajstić information content (AvgIpc) is 2.68. The van der Waals surface area contributed by atoms with E-state index < -0.39 is 22.0 Å². The molecule has 1 amide bonds. The second-order valence-corrected chi connectivity index (χ2v) is 9.44. The molecule has 1 N–H and O–H groups in total. The molecule has 10 heteroatoms. The second-order valence-electron chi connectivity index (χ2n) is 6.30. The summed E-state index contributed by atoms with van der Waals surface area (Å²) in [5.41, 5.74) is 0.716. The van der Waals surface area contributed by atoms with E-state index in [1.165, 1.54) is 17.0 Å². The molecule has 1 saturated heterocycles. The number of pyridine rings is 1. The van der Waals surface area contributed by atoms with Crippen LogP contribution in [0.5, 0.6) is 0 Å². The maximum absolute atomic E-state index is 12.9. The summed E-state index contributed by atoms with van der Waals surface area (Å²) in [5.74, 6) is -1.54. The Labute approximate surface area is 176 Å². The van der Waals surface area contributed by atoms with Gasteiger partial charge < -0.3 is 10.0 Å². The predicted octanol–water partition coefficient (Wildman–Crippen LogP) is 1.21. The van der Waals surface area contributed by atoms with Crippen LogP contribution in [-0.4, -0.2) is 65.3 Å². The first-order chi connectivity index (χ1) is 13.3. The Balaban J connectivity index is 1.78. The van der Waals surface area contributed by atoms with Crippen LogP contribution < -0.4 is 0 Å². The lowest BCUT2D eigenvalue weighted by Gasteiger charge is -2.38. The van der Waals surface area contributed by atoms with Gasteiger partial charge in [0.05, 0.1) is 11.3 Å². The average molecular weight is 515 g/mol. The first-order valence-corrected chi connectivity index (χ1v) is 11.0. The standard InChI is InChI=1S/C18H18IN3O5S/c19-14-3-5-15(6-4-14)28(26,27)22-9-8-21(12-16(22)18(24)25)17(23)10-13-2-1-7-20-11-13/h1-7,11,16H,8-10,12H2,(H,24,25). The number of amides is 1. The Morgan fingerprint density at radius 3 is 2.50 bits per heavy atom. The predicted molar refractivity (Wildman–Crippen MR) is 109 cm³/mol. The van der Waals surface area contributed by atoms with Gasteiger partial charge in [-0.25, -0.2) is 8.42 Å². The monoisotopic (exact) mass is 515 g/mol. The topological polar surface area (TPSA) is 108 Å². The molecule has 1 aliphatic heterocycles. The first kappa shape index (κ1) is 20.7. The fraction of sp³-hybridized carbons (Fsp3) is 0.278. The molecule has 1 aromatic carbocycles. The highest BCUT2D eigenvalue weighted by atomic mass is 127. The Morgan fingerprint density at radius 1 is 1.18 bits per heavy atom. The molecule has 28 heavy (non-hydrogen) atoms. The quantitative estimate of drug-likeness (QED) is 0.601. The number of nitrogens with zero attached hydrogens (tertiary/aromatic N) is 3. The zero-order chi connectivity index (χ0) is 20.3. The molecule has 0 bridgehead atoms. The van der Waals surface area contributed by atoms with E-state index >= 15 is 0 Å². The third kappa shape index (κ3) is 4.50. The van der Waals surface area contributed by atoms with Crippen molar-refractivity contribution in [3.8, 4) is 0 Å². The van der Waals surface area contributed by atoms with Crippen molar-refractivity contribution in [2.45, 2.75) is 17.4 Å². The van der Waals surface area contributed by atoms with Gasteiger partial charge in [0.2, 0.25) is 15.9 Å². The highest BCUT2D eigenvalue weighted by molar-refractivity contribution is 14.1. The summed E-state index contributed by atoms with van der Waals surface area (Å²) in [6, 6.07) is 8.35. The van der Waals surface area contributed by atoms with Gasteiger partial charge in [-0.3, -0.25) is 14.6 Å². The molecule has 1 aromatic heterocycles. The largest absolute Gasteiger partial charge is 0.480 e. The lowest BCUT2D eigenvalue weighted by molar-refractivity contribution is -0.145. The second kappa shape index (κ2) is 8.53. The summed E-state index contributed by atoms with van der Waals surface area (Å²) < 4.78 is 27.7. The van der Waals surface area contributed by atoms with Crippen molar-refractivity contribution < 1.29 is 23.1 Å². The van der Waals surface area contributed by atoms with Crippen LogP contribution in [0.3, 0.4) is 0 Å². The number of carboxylic acid groups (broad SMARTS) is 1. The zero-order valence-electron chi connectivity index (χ0n) is 14.7. The number of rotatable bonds is 5. The Hall–Kier alpha value is -2.05. The molecule has 0 saturated carbocycles. The van der Waals surface area contributed by atoms with E-state index in [2.05, 4.69) is 27.6 Å². The van der Waals surface area contributed by atoms with Crippen LogP contribution in [0.2, 0.25) is 0 Å². The minimum absolute atomic E-state index is 0.0364. The summed E-state index contributed by atoms with van der Waals surface area (Å²) in [5, 5.41) is 9.60. The maximum Gasteiger partial charge on any atom is 0.323 e. The number of hydrogen-bond acceptors (Lipinski definition) is 5. The Kier molecular flexibility index (Phi) is 6.30. The summed E-state index contributed by atoms with van der Waals surface area (Å²) in [7, 11) is -3.98. The van der Waals surface area contributed by atoms with Crippen molar-refractivity contribution in [3.05, 3.63) is 57.9 Å². The molecule has 3 rings (SSSR count). The van der Waals surface area contributed by atoms with Crippen molar-refractivity contribution in [3.63, 3.8) is 0 Å². The summed E-state index contributed by atoms with van der Waals surface area (Å²) in [6.45, 7) is -0.144. The molecule has 0 aliphatic carbocycles. The van der Waals surface area contributed by atoms with Crippen LogP contribution in [-0.2, 0) is 26.0 Å². The van der Waals surface area contributed by atoms with Crippen LogP contribution in [0.25, 0.3) is 0 Å². The van der Waals surface area contributed by atoms with E-state index in [1.807, 2.05) is 0 Å². The van der Waals surface area contributed by atoms with E-state index in [-0.39, 0.29) is 36.9 Å². The molecule has 0 radical (unpaired) electrons. The minimum Gasteiger partial charge on any atom is -0.480 e. The van der Waals surface area contributed by atoms with Gasteiger partial charge in [-0.2, -0.15) is 4.31 Å². The van der Waals surface area contributed by atoms with Gasteiger partial charge in [-0.05, 0) is 58.5 Å². The number of carbonyl (C=O) groups is 2. The van der Waals surface area contributed by atoms with Crippen LogP contribution in [0.4, 0.5) is 0 Å². The van der Waals surface area contributed by atoms with Crippen LogP contribution in [0, 0.1) is 3.57 Å². The van der Waals surface area contributed by atoms with Crippen molar-refractivity contribution >= 4 is 44.5 Å². The maximum atomic E-state index is 12.9. The SMILES string of the molecule is O=C(O)C1CN(C(=O)Cc2cccnc2)CCN1S(=O)(=O)c1ccc(I)cc1. The van der Waals surface area contributed by atoms with E-state index in [0.717, 1.165) is 7.88 Å². The molecule has 2 aromatic rings. The molecule has 1 aliphatic rings. The van der Waals surface area contributed by atoms with Crippen LogP contribution >= 0.6 is 22.6 Å². The van der Waals surface area contributed by atoms with Gasteiger partial charge >= 0.3 is 5.97 Å². The van der Waals surface area contributed by atoms with Gasteiger partial charge in [0, 0.05) is 35.6 Å². The molecular formula is C18H18IN3O5S. The zero-order valence-corrected chi connectivity index (χ0v) is 17.7. The number of carbonyl (C=O) groups excluding carboxylic acids is 1. The summed E-state index contributed by atoms with van der Waals surface area (Å²) >= 11 is 2.06. The number of carboxylic acids is 1. The highest BCUT2D eigenvalue weighted by Gasteiger charge is 2.41. The summed E-state index contributed by atoms with van der Waals surface area (Å²) in [6.07, 6.45) is 3.26. The van der Waals surface area contributed by atoms with E-state index in [4.69, 9.17) is 0 Å². The number of sulfonamides is 1. The van der Waals surface area contributed by atoms with Crippen molar-refractivity contribution in [1.82, 2.24) is 14.2 Å². The molecule has 1 atom stereocenters. The lowest BCUT2D eigenvalue weighted by Crippen LogP contribution is -2.59. The van der Waals surface area contributed by atoms with Gasteiger partial charge in [0.1, 0.15) is 6.04 Å². The van der Waals surface area contributed by atoms with Crippen LogP contribution in [0.1, 0.15) is 5.56 Å². The molecule has 2 heterocycles. The number of aromatic nitrogens is 1. The smallest absolute Gasteiger partial charge is 0.323 e. The van der Waals surface area contributed by atoms with E-state index in [0.29, 0.717) is 5.56 Å². The highest BCUT2D eigenvalue weighted by Crippen LogP contribution is 2.23. The third-order valence-electron chi connectivity index (χ3n) is 4.47. The molecule has 1 unspecified atom stereocenters. The number of hydrogen-bond donors (Lipinski definition) is 1. The van der Waals surface area contributed by atoms with E-state index in [9.17, 15) is 23.1 Å². The fourth-order valence-corrected chi connectivity index (χ4v) is 4.94. The Bertz CT molecular complexity index is 966. The van der Waals surface area contributed by atoms with Crippen molar-refractivity contribution in [2.24, 2.45) is 0 Å². The van der Waals surface area contributed by atoms with Crippen molar-refractivity contribution in [2.75, 3.05) is 19.6 Å². The van der Waals surface area contributed by atoms with Crippen molar-refractivity contribution in [1.29, 1.82) is 0 Å². The normalized spacial score (nSPS) is 18.0. The number of halogens is 1. The molecule has 148 valence electrons. The molecule has 8 nitrogen and oxygen atoms in total. The van der Waals surface area contributed by atoms with Gasteiger partial charge in [-0.1, -0.05) is 6.07 Å². The van der Waals surface area contributed by atoms with E-state index in [1.54, 1.807) is 36.7 Å². The van der Waals surface area contributed by atoms with Gasteiger partial charge in [0.15, 0.2) is 0 Å². The lowest BCUT2D eigenvalue weighted by atomic mass is 10.1. The van der Waals surface area contributed by atoms with Gasteiger partial charge in [0.25, 0.3) is 0 Å². The summed E-state index contributed by atoms with van der Waals surface area (Å²) in [4.78, 5) is 29.7. The molecular weight excluding hydrogens is 497 g/mol. The first-order valence-electron chi connectivity index (χ1n) is 8.46. The minimum atomic E-state index is -3.98. The third-order valence-corrected chi connectivity index (χ3v) is 7.11. The molecule has 0 spiro atoms. The number of benzene rings is 1. The number of piperazine rings is 1.